The Labute approximate surface area is 156 Å². The molecule has 0 saturated carbocycles. The maximum absolute atomic E-state index is 12.4. The zero-order valence-corrected chi connectivity index (χ0v) is 15.2. The maximum Gasteiger partial charge on any atom is 0.225 e. The summed E-state index contributed by atoms with van der Waals surface area (Å²) in [5, 5.41) is 4.32. The fraction of sp³-hybridized carbons (Fsp3) is 0.353. The first kappa shape index (κ1) is 17.8. The van der Waals surface area contributed by atoms with Crippen LogP contribution in [0.1, 0.15) is 6.42 Å². The molecule has 1 saturated heterocycles. The van der Waals surface area contributed by atoms with Gasteiger partial charge in [0.2, 0.25) is 11.9 Å². The van der Waals surface area contributed by atoms with E-state index in [-0.39, 0.29) is 5.91 Å². The average Bonchev–Trinajstić information content (AvgIpc) is 2.64. The lowest BCUT2D eigenvalue weighted by molar-refractivity contribution is -0.131. The average molecular weight is 380 g/mol. The van der Waals surface area contributed by atoms with Crippen LogP contribution in [0.4, 0.5) is 11.6 Å². The highest BCUT2D eigenvalue weighted by atomic mass is 35.5. The van der Waals surface area contributed by atoms with Crippen molar-refractivity contribution in [3.8, 4) is 0 Å². The molecule has 2 aromatic rings. The number of nitrogens with zero attached hydrogens (tertiary/aromatic N) is 4. The van der Waals surface area contributed by atoms with Crippen LogP contribution in [0.25, 0.3) is 0 Å². The van der Waals surface area contributed by atoms with E-state index in [9.17, 15) is 4.79 Å². The second-order valence-corrected chi connectivity index (χ2v) is 6.56. The first-order valence-electron chi connectivity index (χ1n) is 8.12. The molecule has 1 aliphatic rings. The number of benzene rings is 1. The van der Waals surface area contributed by atoms with Crippen molar-refractivity contribution in [3.05, 3.63) is 46.7 Å². The summed E-state index contributed by atoms with van der Waals surface area (Å²) < 4.78 is 0. The molecule has 1 amide bonds. The van der Waals surface area contributed by atoms with Gasteiger partial charge in [-0.3, -0.25) is 4.79 Å². The third kappa shape index (κ3) is 4.74. The highest BCUT2D eigenvalue weighted by Gasteiger charge is 2.22. The van der Waals surface area contributed by atoms with Gasteiger partial charge in [-0.05, 0) is 24.3 Å². The van der Waals surface area contributed by atoms with Crippen molar-refractivity contribution in [1.82, 2.24) is 14.9 Å². The number of hydrogen-bond acceptors (Lipinski definition) is 5. The molecule has 0 radical (unpaired) electrons. The molecule has 1 fully saturated rings. The molecule has 132 valence electrons. The smallest absolute Gasteiger partial charge is 0.225 e. The van der Waals surface area contributed by atoms with Crippen LogP contribution in [-0.2, 0) is 4.79 Å². The second kappa shape index (κ2) is 8.36. The molecule has 0 unspecified atom stereocenters. The number of halogens is 2. The van der Waals surface area contributed by atoms with Crippen LogP contribution < -0.4 is 10.2 Å². The summed E-state index contributed by atoms with van der Waals surface area (Å²) in [5.41, 5.74) is 0.782. The Bertz CT molecular complexity index is 720. The third-order valence-corrected chi connectivity index (χ3v) is 4.60. The van der Waals surface area contributed by atoms with E-state index in [2.05, 4.69) is 20.2 Å². The summed E-state index contributed by atoms with van der Waals surface area (Å²) in [4.78, 5) is 24.8. The zero-order valence-electron chi connectivity index (χ0n) is 13.7. The molecule has 1 aliphatic heterocycles. The van der Waals surface area contributed by atoms with Crippen LogP contribution in [0.15, 0.2) is 36.7 Å². The van der Waals surface area contributed by atoms with Crippen molar-refractivity contribution in [1.29, 1.82) is 0 Å². The molecular weight excluding hydrogens is 361 g/mol. The third-order valence-electron chi connectivity index (χ3n) is 4.05. The van der Waals surface area contributed by atoms with Gasteiger partial charge >= 0.3 is 0 Å². The van der Waals surface area contributed by atoms with Gasteiger partial charge in [-0.25, -0.2) is 9.97 Å². The van der Waals surface area contributed by atoms with Crippen LogP contribution in [-0.4, -0.2) is 53.5 Å². The van der Waals surface area contributed by atoms with Crippen LogP contribution in [0.2, 0.25) is 10.0 Å². The largest absolute Gasteiger partial charge is 0.383 e. The molecule has 2 heterocycles. The maximum atomic E-state index is 12.4. The number of rotatable bonds is 5. The van der Waals surface area contributed by atoms with Gasteiger partial charge in [0.15, 0.2) is 0 Å². The normalized spacial score (nSPS) is 14.5. The van der Waals surface area contributed by atoms with E-state index >= 15 is 0 Å². The van der Waals surface area contributed by atoms with Crippen molar-refractivity contribution in [2.24, 2.45) is 0 Å². The minimum atomic E-state index is 0.131. The predicted molar refractivity (Wildman–Crippen MR) is 100 cm³/mol. The van der Waals surface area contributed by atoms with E-state index in [1.807, 2.05) is 11.0 Å². The molecule has 3 rings (SSSR count). The molecule has 0 spiro atoms. The van der Waals surface area contributed by atoms with Gasteiger partial charge < -0.3 is 15.1 Å². The molecule has 25 heavy (non-hydrogen) atoms. The molecular formula is C17H19Cl2N5O. The molecule has 0 aliphatic carbocycles. The van der Waals surface area contributed by atoms with E-state index in [1.54, 1.807) is 30.6 Å². The Hall–Kier alpha value is -2.05. The summed E-state index contributed by atoms with van der Waals surface area (Å²) in [5.74, 6) is 0.847. The Balaban J connectivity index is 1.43. The Kier molecular flexibility index (Phi) is 5.94. The van der Waals surface area contributed by atoms with Gasteiger partial charge in [0, 0.05) is 56.6 Å². The van der Waals surface area contributed by atoms with Crippen LogP contribution in [0, 0.1) is 0 Å². The highest BCUT2D eigenvalue weighted by Crippen LogP contribution is 2.25. The summed E-state index contributed by atoms with van der Waals surface area (Å²) >= 11 is 12.0. The quantitative estimate of drug-likeness (QED) is 0.864. The van der Waals surface area contributed by atoms with Crippen LogP contribution in [0.3, 0.4) is 0 Å². The number of carbonyl (C=O) groups is 1. The van der Waals surface area contributed by atoms with Gasteiger partial charge in [-0.1, -0.05) is 23.2 Å². The molecule has 1 N–H and O–H groups in total. The zero-order chi connectivity index (χ0) is 17.6. The van der Waals surface area contributed by atoms with E-state index in [4.69, 9.17) is 23.2 Å². The number of aromatic nitrogens is 2. The van der Waals surface area contributed by atoms with Crippen molar-refractivity contribution >= 4 is 40.7 Å². The first-order chi connectivity index (χ1) is 12.1. The lowest BCUT2D eigenvalue weighted by Crippen LogP contribution is -2.49. The number of nitrogens with one attached hydrogen (secondary N) is 1. The van der Waals surface area contributed by atoms with Gasteiger partial charge in [0.25, 0.3) is 0 Å². The number of hydrogen-bond donors (Lipinski definition) is 1. The second-order valence-electron chi connectivity index (χ2n) is 5.72. The van der Waals surface area contributed by atoms with Gasteiger partial charge in [0.1, 0.15) is 0 Å². The lowest BCUT2D eigenvalue weighted by atomic mass is 10.2. The molecule has 1 aromatic heterocycles. The van der Waals surface area contributed by atoms with Gasteiger partial charge in [-0.15, -0.1) is 0 Å². The molecule has 8 heteroatoms. The fourth-order valence-electron chi connectivity index (χ4n) is 2.71. The van der Waals surface area contributed by atoms with E-state index in [0.29, 0.717) is 42.0 Å². The summed E-state index contributed by atoms with van der Waals surface area (Å²) in [6.45, 7) is 3.37. The minimum Gasteiger partial charge on any atom is -0.383 e. The molecule has 1 aromatic carbocycles. The Morgan fingerprint density at radius 3 is 2.52 bits per heavy atom. The number of piperazine rings is 1. The predicted octanol–water partition coefficient (Wildman–Crippen LogP) is 2.93. The summed E-state index contributed by atoms with van der Waals surface area (Å²) in [6, 6.07) is 7.05. The topological polar surface area (TPSA) is 61.4 Å². The first-order valence-corrected chi connectivity index (χ1v) is 8.88. The molecule has 6 nitrogen and oxygen atoms in total. The fourth-order valence-corrected chi connectivity index (χ4v) is 3.18. The van der Waals surface area contributed by atoms with Crippen LogP contribution >= 0.6 is 23.2 Å². The lowest BCUT2D eigenvalue weighted by Gasteiger charge is -2.34. The van der Waals surface area contributed by atoms with Crippen molar-refractivity contribution in [3.63, 3.8) is 0 Å². The van der Waals surface area contributed by atoms with Crippen molar-refractivity contribution < 1.29 is 4.79 Å². The van der Waals surface area contributed by atoms with E-state index in [0.717, 1.165) is 18.8 Å². The molecule has 0 atom stereocenters. The Morgan fingerprint density at radius 1 is 1.12 bits per heavy atom. The van der Waals surface area contributed by atoms with Gasteiger partial charge in [-0.2, -0.15) is 0 Å². The van der Waals surface area contributed by atoms with Crippen molar-refractivity contribution in [2.45, 2.75) is 6.42 Å². The SMILES string of the molecule is O=C(CCNc1ccc(Cl)cc1Cl)N1CCN(c2ncccn2)CC1. The summed E-state index contributed by atoms with van der Waals surface area (Å²) in [7, 11) is 0. The van der Waals surface area contributed by atoms with E-state index < -0.39 is 0 Å². The monoisotopic (exact) mass is 379 g/mol. The summed E-state index contributed by atoms with van der Waals surface area (Å²) in [6.07, 6.45) is 3.88. The van der Waals surface area contributed by atoms with E-state index in [1.165, 1.54) is 0 Å². The van der Waals surface area contributed by atoms with Crippen LogP contribution in [0.5, 0.6) is 0 Å². The number of carbonyl (C=O) groups excluding carboxylic acids is 1. The van der Waals surface area contributed by atoms with Gasteiger partial charge in [0.05, 0.1) is 10.7 Å². The van der Waals surface area contributed by atoms with Crippen molar-refractivity contribution in [2.75, 3.05) is 42.9 Å². The minimum absolute atomic E-state index is 0.131. The highest BCUT2D eigenvalue weighted by molar-refractivity contribution is 6.36. The molecule has 0 bridgehead atoms. The number of anilines is 2. The number of amides is 1. The Morgan fingerprint density at radius 2 is 1.84 bits per heavy atom. The standard InChI is InChI=1S/C17H19Cl2N5O/c18-13-2-3-15(14(19)12-13)20-7-4-16(25)23-8-10-24(11-9-23)17-21-5-1-6-22-17/h1-3,5-6,12,20H,4,7-11H2.